The quantitative estimate of drug-likeness (QED) is 0.790. The second kappa shape index (κ2) is 6.96. The molecule has 1 aromatic heterocycles. The summed E-state index contributed by atoms with van der Waals surface area (Å²) in [4.78, 5) is 18.1. The molecule has 5 nitrogen and oxygen atoms in total. The number of amides is 1. The highest BCUT2D eigenvalue weighted by Gasteiger charge is 2.42. The lowest BCUT2D eigenvalue weighted by atomic mass is 9.99. The van der Waals surface area contributed by atoms with Gasteiger partial charge in [0.05, 0.1) is 6.54 Å². The van der Waals surface area contributed by atoms with E-state index in [1.165, 1.54) is 4.90 Å². The molecule has 1 amide bonds. The van der Waals surface area contributed by atoms with Crippen molar-refractivity contribution in [1.29, 1.82) is 0 Å². The Labute approximate surface area is 147 Å². The molecule has 2 heterocycles. The fourth-order valence-electron chi connectivity index (χ4n) is 2.64. The zero-order valence-electron chi connectivity index (χ0n) is 14.5. The van der Waals surface area contributed by atoms with Crippen LogP contribution in [0, 0.1) is 11.8 Å². The van der Waals surface area contributed by atoms with Crippen LogP contribution in [0.15, 0.2) is 48.7 Å². The van der Waals surface area contributed by atoms with E-state index in [4.69, 9.17) is 9.47 Å². The summed E-state index contributed by atoms with van der Waals surface area (Å²) >= 11 is 0. The van der Waals surface area contributed by atoms with Crippen molar-refractivity contribution in [2.75, 3.05) is 18.6 Å². The minimum Gasteiger partial charge on any atom is -0.440 e. The molecule has 3 rings (SSSR count). The molecule has 1 atom stereocenters. The molecule has 1 aromatic carbocycles. The number of ether oxygens (including phenoxy) is 2. The van der Waals surface area contributed by atoms with Crippen LogP contribution in [0.5, 0.6) is 0 Å². The van der Waals surface area contributed by atoms with Gasteiger partial charge in [-0.1, -0.05) is 30.0 Å². The lowest BCUT2D eigenvalue weighted by Crippen LogP contribution is -2.57. The number of hydrogen-bond acceptors (Lipinski definition) is 4. The van der Waals surface area contributed by atoms with E-state index in [9.17, 15) is 4.79 Å². The van der Waals surface area contributed by atoms with E-state index >= 15 is 0 Å². The fourth-order valence-corrected chi connectivity index (χ4v) is 2.64. The van der Waals surface area contributed by atoms with Gasteiger partial charge in [0.1, 0.15) is 17.5 Å². The number of nitrogens with zero attached hydrogens (tertiary/aromatic N) is 2. The average molecular weight is 336 g/mol. The molecule has 0 radical (unpaired) electrons. The van der Waals surface area contributed by atoms with Crippen molar-refractivity contribution in [3.05, 3.63) is 59.8 Å². The van der Waals surface area contributed by atoms with Gasteiger partial charge in [0.25, 0.3) is 0 Å². The Morgan fingerprint density at radius 2 is 1.88 bits per heavy atom. The van der Waals surface area contributed by atoms with Gasteiger partial charge in [-0.3, -0.25) is 4.90 Å². The van der Waals surface area contributed by atoms with Crippen LogP contribution in [0.2, 0.25) is 0 Å². The van der Waals surface area contributed by atoms with Crippen molar-refractivity contribution in [2.24, 2.45) is 0 Å². The van der Waals surface area contributed by atoms with E-state index in [-0.39, 0.29) is 6.10 Å². The Morgan fingerprint density at radius 1 is 1.16 bits per heavy atom. The average Bonchev–Trinajstić information content (AvgIpc) is 2.61. The fraction of sp³-hybridized carbons (Fsp3) is 0.300. The standard InChI is InChI=1S/C20H20N2O3/c1-20(2)17(24-3)14-22(19(23)25-20)18-12-11-16(13-21-18)10-9-15-7-5-4-6-8-15/h4-8,11-13,17H,14H2,1-3H3. The summed E-state index contributed by atoms with van der Waals surface area (Å²) in [5.41, 5.74) is 1.06. The second-order valence-corrected chi connectivity index (χ2v) is 6.33. The number of aromatic nitrogens is 1. The highest BCUT2D eigenvalue weighted by atomic mass is 16.6. The Morgan fingerprint density at radius 3 is 2.52 bits per heavy atom. The molecule has 0 N–H and O–H groups in total. The maximum atomic E-state index is 12.2. The summed E-state index contributed by atoms with van der Waals surface area (Å²) in [5, 5.41) is 0. The molecular formula is C20H20N2O3. The number of pyridine rings is 1. The third-order valence-corrected chi connectivity index (χ3v) is 4.13. The summed E-state index contributed by atoms with van der Waals surface area (Å²) in [6.07, 6.45) is 0.999. The highest BCUT2D eigenvalue weighted by Crippen LogP contribution is 2.27. The SMILES string of the molecule is COC1CN(c2ccc(C#Cc3ccccc3)cn2)C(=O)OC1(C)C. The minimum atomic E-state index is -0.663. The van der Waals surface area contributed by atoms with E-state index in [1.807, 2.05) is 50.2 Å². The summed E-state index contributed by atoms with van der Waals surface area (Å²) < 4.78 is 10.9. The number of anilines is 1. The predicted molar refractivity (Wildman–Crippen MR) is 95.4 cm³/mol. The molecule has 1 unspecified atom stereocenters. The number of carbonyl (C=O) groups is 1. The van der Waals surface area contributed by atoms with Crippen molar-refractivity contribution in [1.82, 2.24) is 4.98 Å². The topological polar surface area (TPSA) is 51.7 Å². The van der Waals surface area contributed by atoms with Crippen molar-refractivity contribution < 1.29 is 14.3 Å². The first-order chi connectivity index (χ1) is 12.0. The Balaban J connectivity index is 1.76. The molecule has 0 spiro atoms. The van der Waals surface area contributed by atoms with Crippen LogP contribution in [-0.2, 0) is 9.47 Å². The van der Waals surface area contributed by atoms with E-state index < -0.39 is 11.7 Å². The Kier molecular flexibility index (Phi) is 4.73. The Hall–Kier alpha value is -2.84. The van der Waals surface area contributed by atoms with Gasteiger partial charge >= 0.3 is 6.09 Å². The molecule has 1 saturated heterocycles. The van der Waals surface area contributed by atoms with E-state index in [0.29, 0.717) is 12.4 Å². The highest BCUT2D eigenvalue weighted by molar-refractivity contribution is 5.87. The number of hydrogen-bond donors (Lipinski definition) is 0. The largest absolute Gasteiger partial charge is 0.440 e. The van der Waals surface area contributed by atoms with Gasteiger partial charge in [0, 0.05) is 24.4 Å². The third kappa shape index (κ3) is 3.81. The monoisotopic (exact) mass is 336 g/mol. The molecule has 1 fully saturated rings. The lowest BCUT2D eigenvalue weighted by molar-refractivity contribution is -0.0858. The normalized spacial score (nSPS) is 18.9. The molecule has 2 aromatic rings. The van der Waals surface area contributed by atoms with E-state index in [0.717, 1.165) is 11.1 Å². The van der Waals surface area contributed by atoms with Crippen LogP contribution in [0.4, 0.5) is 10.6 Å². The zero-order chi connectivity index (χ0) is 17.9. The number of cyclic esters (lactones) is 1. The molecular weight excluding hydrogens is 316 g/mol. The summed E-state index contributed by atoms with van der Waals surface area (Å²) in [6.45, 7) is 4.07. The summed E-state index contributed by atoms with van der Waals surface area (Å²) in [7, 11) is 1.61. The third-order valence-electron chi connectivity index (χ3n) is 4.13. The zero-order valence-corrected chi connectivity index (χ0v) is 14.5. The van der Waals surface area contributed by atoms with Crippen LogP contribution in [0.25, 0.3) is 0 Å². The van der Waals surface area contributed by atoms with Crippen LogP contribution in [0.3, 0.4) is 0 Å². The summed E-state index contributed by atoms with van der Waals surface area (Å²) in [5.74, 6) is 6.66. The molecule has 5 heteroatoms. The van der Waals surface area contributed by atoms with Gasteiger partial charge in [0.15, 0.2) is 0 Å². The first-order valence-corrected chi connectivity index (χ1v) is 8.06. The first-order valence-electron chi connectivity index (χ1n) is 8.06. The first kappa shape index (κ1) is 17.0. The van der Waals surface area contributed by atoms with Crippen LogP contribution in [-0.4, -0.2) is 36.4 Å². The maximum Gasteiger partial charge on any atom is 0.416 e. The second-order valence-electron chi connectivity index (χ2n) is 6.33. The lowest BCUT2D eigenvalue weighted by Gasteiger charge is -2.41. The smallest absolute Gasteiger partial charge is 0.416 e. The molecule has 128 valence electrons. The van der Waals surface area contributed by atoms with Crippen LogP contribution >= 0.6 is 0 Å². The number of benzene rings is 1. The van der Waals surface area contributed by atoms with E-state index in [2.05, 4.69) is 16.8 Å². The molecule has 1 aliphatic rings. The van der Waals surface area contributed by atoms with Gasteiger partial charge in [-0.25, -0.2) is 9.78 Å². The van der Waals surface area contributed by atoms with Crippen molar-refractivity contribution >= 4 is 11.9 Å². The predicted octanol–water partition coefficient (Wildman–Crippen LogP) is 3.23. The van der Waals surface area contributed by atoms with Gasteiger partial charge in [-0.15, -0.1) is 0 Å². The van der Waals surface area contributed by atoms with Crippen molar-refractivity contribution in [3.8, 4) is 11.8 Å². The maximum absolute atomic E-state index is 12.2. The number of carbonyl (C=O) groups excluding carboxylic acids is 1. The molecule has 25 heavy (non-hydrogen) atoms. The molecule has 0 bridgehead atoms. The van der Waals surface area contributed by atoms with Gasteiger partial charge in [-0.2, -0.15) is 0 Å². The molecule has 0 saturated carbocycles. The molecule has 1 aliphatic heterocycles. The van der Waals surface area contributed by atoms with Crippen LogP contribution < -0.4 is 4.90 Å². The van der Waals surface area contributed by atoms with Crippen LogP contribution in [0.1, 0.15) is 25.0 Å². The Bertz CT molecular complexity index is 804. The van der Waals surface area contributed by atoms with Crippen molar-refractivity contribution in [3.63, 3.8) is 0 Å². The number of rotatable bonds is 2. The van der Waals surface area contributed by atoms with E-state index in [1.54, 1.807) is 19.4 Å². The minimum absolute atomic E-state index is 0.232. The number of methoxy groups -OCH3 is 1. The van der Waals surface area contributed by atoms with Gasteiger partial charge in [0.2, 0.25) is 0 Å². The molecule has 0 aliphatic carbocycles. The van der Waals surface area contributed by atoms with Crippen molar-refractivity contribution in [2.45, 2.75) is 25.6 Å². The van der Waals surface area contributed by atoms with Gasteiger partial charge in [-0.05, 0) is 38.1 Å². The summed E-state index contributed by atoms with van der Waals surface area (Å²) in [6, 6.07) is 13.3. The van der Waals surface area contributed by atoms with Gasteiger partial charge < -0.3 is 9.47 Å².